The van der Waals surface area contributed by atoms with Crippen molar-refractivity contribution in [2.24, 2.45) is 17.4 Å². The molecule has 0 aromatic heterocycles. The van der Waals surface area contributed by atoms with Crippen LogP contribution in [0.4, 0.5) is 0 Å². The molecule has 1 saturated carbocycles. The number of carbonyl (C=O) groups is 3. The molecule has 0 saturated heterocycles. The third-order valence-electron chi connectivity index (χ3n) is 4.64. The molecular weight excluding hydrogens is 306 g/mol. The molecule has 0 unspecified atom stereocenters. The van der Waals surface area contributed by atoms with Crippen LogP contribution in [0.15, 0.2) is 18.2 Å². The van der Waals surface area contributed by atoms with Crippen LogP contribution >= 0.6 is 0 Å². The van der Waals surface area contributed by atoms with E-state index in [4.69, 9.17) is 11.5 Å². The average molecular weight is 331 g/mol. The Labute approximate surface area is 142 Å². The maximum Gasteiger partial charge on any atom is 0.251 e. The first-order chi connectivity index (χ1) is 11.4. The minimum Gasteiger partial charge on any atom is -0.366 e. The molecule has 0 atom stereocenters. The first kappa shape index (κ1) is 18.0. The summed E-state index contributed by atoms with van der Waals surface area (Å²) in [5, 5.41) is 2.99. The van der Waals surface area contributed by atoms with E-state index >= 15 is 0 Å². The van der Waals surface area contributed by atoms with Crippen molar-refractivity contribution in [2.45, 2.75) is 51.5 Å². The fraction of sp³-hybridized carbons (Fsp3) is 0.500. The maximum absolute atomic E-state index is 12.5. The van der Waals surface area contributed by atoms with Crippen LogP contribution in [0.1, 0.15) is 76.5 Å². The molecule has 0 radical (unpaired) electrons. The zero-order valence-electron chi connectivity index (χ0n) is 14.0. The summed E-state index contributed by atoms with van der Waals surface area (Å²) in [5.74, 6) is -0.957. The van der Waals surface area contributed by atoms with E-state index in [9.17, 15) is 14.4 Å². The van der Waals surface area contributed by atoms with Gasteiger partial charge in [-0.05, 0) is 49.8 Å². The van der Waals surface area contributed by atoms with E-state index in [0.717, 1.165) is 31.6 Å². The number of benzene rings is 1. The lowest BCUT2D eigenvalue weighted by atomic mass is 9.83. The van der Waals surface area contributed by atoms with Gasteiger partial charge in [-0.3, -0.25) is 14.4 Å². The number of nitrogens with two attached hydrogens (primary N) is 2. The highest BCUT2D eigenvalue weighted by atomic mass is 16.2. The van der Waals surface area contributed by atoms with Gasteiger partial charge in [0.05, 0.1) is 0 Å². The summed E-state index contributed by atoms with van der Waals surface area (Å²) in [4.78, 5) is 35.2. The van der Waals surface area contributed by atoms with E-state index in [1.54, 1.807) is 0 Å². The molecule has 0 spiro atoms. The topological polar surface area (TPSA) is 115 Å². The molecule has 1 aliphatic rings. The second-order valence-electron chi connectivity index (χ2n) is 6.51. The molecule has 130 valence electrons. The number of hydrogen-bond donors (Lipinski definition) is 3. The minimum atomic E-state index is -0.702. The molecule has 1 aromatic carbocycles. The maximum atomic E-state index is 12.5. The van der Waals surface area contributed by atoms with Gasteiger partial charge < -0.3 is 16.8 Å². The van der Waals surface area contributed by atoms with E-state index in [2.05, 4.69) is 12.2 Å². The summed E-state index contributed by atoms with van der Waals surface area (Å²) in [6, 6.07) is 4.22. The Morgan fingerprint density at radius 2 is 1.46 bits per heavy atom. The molecule has 5 N–H and O–H groups in total. The smallest absolute Gasteiger partial charge is 0.251 e. The van der Waals surface area contributed by atoms with Crippen LogP contribution < -0.4 is 16.8 Å². The van der Waals surface area contributed by atoms with Crippen LogP contribution in [-0.2, 0) is 0 Å². The standard InChI is InChI=1S/C18H25N3O3/c1-2-3-11-4-6-15(7-5-11)21-18(24)14-9-12(16(19)22)8-13(10-14)17(20)23/h8-11,15H,2-7H2,1H3,(H2,19,22)(H2,20,23)(H,21,24). The molecule has 0 aliphatic heterocycles. The van der Waals surface area contributed by atoms with Gasteiger partial charge in [0.1, 0.15) is 0 Å². The van der Waals surface area contributed by atoms with Crippen LogP contribution in [-0.4, -0.2) is 23.8 Å². The van der Waals surface area contributed by atoms with Crippen LogP contribution in [0.5, 0.6) is 0 Å². The number of amides is 3. The summed E-state index contributed by atoms with van der Waals surface area (Å²) >= 11 is 0. The first-order valence-corrected chi connectivity index (χ1v) is 8.46. The van der Waals surface area contributed by atoms with E-state index < -0.39 is 11.8 Å². The van der Waals surface area contributed by atoms with E-state index in [1.807, 2.05) is 0 Å². The van der Waals surface area contributed by atoms with Crippen LogP contribution in [0.3, 0.4) is 0 Å². The molecular formula is C18H25N3O3. The normalized spacial score (nSPS) is 20.4. The van der Waals surface area contributed by atoms with Gasteiger partial charge in [-0.2, -0.15) is 0 Å². The fourth-order valence-electron chi connectivity index (χ4n) is 3.32. The van der Waals surface area contributed by atoms with Crippen molar-refractivity contribution in [3.63, 3.8) is 0 Å². The summed E-state index contributed by atoms with van der Waals surface area (Å²) in [6.07, 6.45) is 6.57. The third kappa shape index (κ3) is 4.57. The molecule has 24 heavy (non-hydrogen) atoms. The molecule has 3 amide bonds. The Hall–Kier alpha value is -2.37. The van der Waals surface area contributed by atoms with Crippen molar-refractivity contribution in [2.75, 3.05) is 0 Å². The highest BCUT2D eigenvalue weighted by Crippen LogP contribution is 2.27. The predicted octanol–water partition coefficient (Wildman–Crippen LogP) is 1.97. The number of hydrogen-bond acceptors (Lipinski definition) is 3. The lowest BCUT2D eigenvalue weighted by molar-refractivity contribution is 0.0921. The highest BCUT2D eigenvalue weighted by molar-refractivity contribution is 6.03. The van der Waals surface area contributed by atoms with Crippen molar-refractivity contribution < 1.29 is 14.4 Å². The minimum absolute atomic E-state index is 0.100. The predicted molar refractivity (Wildman–Crippen MR) is 91.6 cm³/mol. The van der Waals surface area contributed by atoms with Crippen molar-refractivity contribution in [1.82, 2.24) is 5.32 Å². The van der Waals surface area contributed by atoms with E-state index in [0.29, 0.717) is 0 Å². The lowest BCUT2D eigenvalue weighted by Gasteiger charge is -2.29. The largest absolute Gasteiger partial charge is 0.366 e. The van der Waals surface area contributed by atoms with Gasteiger partial charge in [-0.25, -0.2) is 0 Å². The Bertz CT molecular complexity index is 602. The van der Waals surface area contributed by atoms with Gasteiger partial charge in [-0.15, -0.1) is 0 Å². The van der Waals surface area contributed by atoms with Crippen molar-refractivity contribution in [3.8, 4) is 0 Å². The van der Waals surface area contributed by atoms with Gasteiger partial charge in [0.25, 0.3) is 5.91 Å². The molecule has 0 heterocycles. The number of carbonyl (C=O) groups excluding carboxylic acids is 3. The molecule has 1 aliphatic carbocycles. The van der Waals surface area contributed by atoms with E-state index in [-0.39, 0.29) is 28.6 Å². The quantitative estimate of drug-likeness (QED) is 0.740. The van der Waals surface area contributed by atoms with Crippen molar-refractivity contribution in [3.05, 3.63) is 34.9 Å². The highest BCUT2D eigenvalue weighted by Gasteiger charge is 2.23. The van der Waals surface area contributed by atoms with Gasteiger partial charge in [0.15, 0.2) is 0 Å². The molecule has 1 fully saturated rings. The zero-order chi connectivity index (χ0) is 17.7. The number of rotatable bonds is 6. The monoisotopic (exact) mass is 331 g/mol. The van der Waals surface area contributed by atoms with Gasteiger partial charge in [0.2, 0.25) is 11.8 Å². The van der Waals surface area contributed by atoms with Crippen molar-refractivity contribution in [1.29, 1.82) is 0 Å². The fourth-order valence-corrected chi connectivity index (χ4v) is 3.32. The van der Waals surface area contributed by atoms with Gasteiger partial charge in [-0.1, -0.05) is 19.8 Å². The molecule has 0 bridgehead atoms. The van der Waals surface area contributed by atoms with Crippen LogP contribution in [0.25, 0.3) is 0 Å². The van der Waals surface area contributed by atoms with Crippen molar-refractivity contribution >= 4 is 17.7 Å². The lowest BCUT2D eigenvalue weighted by Crippen LogP contribution is -2.37. The third-order valence-corrected chi connectivity index (χ3v) is 4.64. The number of primary amides is 2. The zero-order valence-corrected chi connectivity index (χ0v) is 14.0. The van der Waals surface area contributed by atoms with Gasteiger partial charge in [0, 0.05) is 22.7 Å². The first-order valence-electron chi connectivity index (χ1n) is 8.46. The molecule has 2 rings (SSSR count). The SMILES string of the molecule is CCCC1CCC(NC(=O)c2cc(C(N)=O)cc(C(N)=O)c2)CC1. The number of nitrogens with one attached hydrogen (secondary N) is 1. The van der Waals surface area contributed by atoms with Crippen LogP contribution in [0.2, 0.25) is 0 Å². The Morgan fingerprint density at radius 3 is 1.92 bits per heavy atom. The summed E-state index contributed by atoms with van der Waals surface area (Å²) in [7, 11) is 0. The Balaban J connectivity index is 2.07. The Morgan fingerprint density at radius 1 is 0.958 bits per heavy atom. The average Bonchev–Trinajstić information content (AvgIpc) is 2.56. The summed E-state index contributed by atoms with van der Waals surface area (Å²) < 4.78 is 0. The second-order valence-corrected chi connectivity index (χ2v) is 6.51. The van der Waals surface area contributed by atoms with Crippen LogP contribution in [0, 0.1) is 5.92 Å². The molecule has 1 aromatic rings. The summed E-state index contributed by atoms with van der Waals surface area (Å²) in [5.41, 5.74) is 10.9. The molecule has 6 nitrogen and oxygen atoms in total. The summed E-state index contributed by atoms with van der Waals surface area (Å²) in [6.45, 7) is 2.19. The van der Waals surface area contributed by atoms with Gasteiger partial charge >= 0.3 is 0 Å². The van der Waals surface area contributed by atoms with E-state index in [1.165, 1.54) is 31.0 Å². The Kier molecular flexibility index (Phi) is 5.95. The second kappa shape index (κ2) is 7.95. The molecule has 6 heteroatoms.